The predicted molar refractivity (Wildman–Crippen MR) is 80.5 cm³/mol. The van der Waals surface area contributed by atoms with Crippen molar-refractivity contribution in [2.24, 2.45) is 0 Å². The highest BCUT2D eigenvalue weighted by Gasteiger charge is 2.09. The molecule has 1 heterocycles. The fourth-order valence-electron chi connectivity index (χ4n) is 1.94. The van der Waals surface area contributed by atoms with E-state index in [2.05, 4.69) is 4.98 Å². The van der Waals surface area contributed by atoms with Gasteiger partial charge < -0.3 is 4.98 Å². The molecule has 0 saturated carbocycles. The minimum atomic E-state index is -0.393. The van der Waals surface area contributed by atoms with Gasteiger partial charge in [-0.15, -0.1) is 0 Å². The van der Waals surface area contributed by atoms with Crippen molar-refractivity contribution in [3.05, 3.63) is 63.8 Å². The quantitative estimate of drug-likeness (QED) is 0.554. The van der Waals surface area contributed by atoms with Gasteiger partial charge in [0.2, 0.25) is 0 Å². The maximum atomic E-state index is 10.8. The van der Waals surface area contributed by atoms with E-state index in [4.69, 9.17) is 11.6 Å². The van der Waals surface area contributed by atoms with Crippen molar-refractivity contribution in [2.75, 3.05) is 0 Å². The zero-order valence-corrected chi connectivity index (χ0v) is 11.7. The maximum absolute atomic E-state index is 10.8. The van der Waals surface area contributed by atoms with Crippen molar-refractivity contribution >= 4 is 40.0 Å². The second-order valence-corrected chi connectivity index (χ2v) is 5.75. The van der Waals surface area contributed by atoms with Gasteiger partial charge in [-0.05, 0) is 24.3 Å². The van der Waals surface area contributed by atoms with Gasteiger partial charge in [0.15, 0.2) is 0 Å². The fraction of sp³-hybridized carbons (Fsp3) is 0. The van der Waals surface area contributed by atoms with Crippen LogP contribution in [0, 0.1) is 10.1 Å². The van der Waals surface area contributed by atoms with Crippen LogP contribution in [0.3, 0.4) is 0 Å². The van der Waals surface area contributed by atoms with E-state index in [0.29, 0.717) is 5.02 Å². The molecule has 6 heteroatoms. The topological polar surface area (TPSA) is 58.9 Å². The predicted octanol–water partition coefficient (Wildman–Crippen LogP) is 4.88. The molecular formula is C14H9ClN2O2S. The second-order valence-electron chi connectivity index (χ2n) is 4.20. The summed E-state index contributed by atoms with van der Waals surface area (Å²) < 4.78 is 0. The Hall–Kier alpha value is -1.98. The number of nitrogens with zero attached hydrogens (tertiary/aromatic N) is 1. The number of fused-ring (bicyclic) bond motifs is 1. The molecule has 0 unspecified atom stereocenters. The molecule has 100 valence electrons. The van der Waals surface area contributed by atoms with Crippen LogP contribution in [0.5, 0.6) is 0 Å². The van der Waals surface area contributed by atoms with Crippen molar-refractivity contribution in [1.29, 1.82) is 0 Å². The van der Waals surface area contributed by atoms with Crippen LogP contribution in [0.4, 0.5) is 5.69 Å². The Balaban J connectivity index is 1.99. The summed E-state index contributed by atoms with van der Waals surface area (Å²) in [5, 5.41) is 12.5. The summed E-state index contributed by atoms with van der Waals surface area (Å²) in [6, 6.07) is 12.2. The molecule has 20 heavy (non-hydrogen) atoms. The van der Waals surface area contributed by atoms with E-state index in [1.54, 1.807) is 12.1 Å². The van der Waals surface area contributed by atoms with Crippen LogP contribution in [0.15, 0.2) is 58.5 Å². The average molecular weight is 305 g/mol. The van der Waals surface area contributed by atoms with E-state index < -0.39 is 4.92 Å². The van der Waals surface area contributed by atoms with E-state index in [1.807, 2.05) is 30.5 Å². The normalized spacial score (nSPS) is 10.8. The third kappa shape index (κ3) is 2.50. The Morgan fingerprint density at radius 3 is 2.85 bits per heavy atom. The van der Waals surface area contributed by atoms with Crippen molar-refractivity contribution < 1.29 is 4.92 Å². The van der Waals surface area contributed by atoms with Crippen LogP contribution < -0.4 is 0 Å². The van der Waals surface area contributed by atoms with Crippen molar-refractivity contribution in [3.63, 3.8) is 0 Å². The molecule has 4 nitrogen and oxygen atoms in total. The number of nitro benzene ring substituents is 1. The number of hydrogen-bond donors (Lipinski definition) is 1. The number of aromatic amines is 1. The van der Waals surface area contributed by atoms with Crippen LogP contribution in [0.2, 0.25) is 5.02 Å². The molecule has 0 aliphatic heterocycles. The average Bonchev–Trinajstić information content (AvgIpc) is 2.82. The van der Waals surface area contributed by atoms with Crippen LogP contribution in [-0.4, -0.2) is 9.91 Å². The van der Waals surface area contributed by atoms with Gasteiger partial charge in [-0.3, -0.25) is 10.1 Å². The Morgan fingerprint density at radius 2 is 2.05 bits per heavy atom. The molecule has 2 aromatic carbocycles. The number of non-ortho nitro benzene ring substituents is 1. The first-order valence-electron chi connectivity index (χ1n) is 5.82. The van der Waals surface area contributed by atoms with Crippen LogP contribution >= 0.6 is 23.4 Å². The molecule has 0 fully saturated rings. The third-order valence-corrected chi connectivity index (χ3v) is 4.14. The Kier molecular flexibility index (Phi) is 3.38. The summed E-state index contributed by atoms with van der Waals surface area (Å²) in [6.07, 6.45) is 1.88. The van der Waals surface area contributed by atoms with Crippen LogP contribution in [-0.2, 0) is 0 Å². The molecule has 0 bridgehead atoms. The fourth-order valence-corrected chi connectivity index (χ4v) is 3.09. The Morgan fingerprint density at radius 1 is 1.20 bits per heavy atom. The zero-order chi connectivity index (χ0) is 14.1. The van der Waals surface area contributed by atoms with Crippen molar-refractivity contribution in [3.8, 4) is 0 Å². The van der Waals surface area contributed by atoms with E-state index in [1.165, 1.54) is 17.8 Å². The highest BCUT2D eigenvalue weighted by molar-refractivity contribution is 7.99. The molecule has 0 atom stereocenters. The summed E-state index contributed by atoms with van der Waals surface area (Å²) >= 11 is 7.47. The van der Waals surface area contributed by atoms with E-state index in [-0.39, 0.29) is 5.69 Å². The Bertz CT molecular complexity index is 801. The van der Waals surface area contributed by atoms with Gasteiger partial charge in [-0.25, -0.2) is 0 Å². The summed E-state index contributed by atoms with van der Waals surface area (Å²) in [4.78, 5) is 15.4. The summed E-state index contributed by atoms with van der Waals surface area (Å²) in [5.74, 6) is 0. The molecule has 0 spiro atoms. The largest absolute Gasteiger partial charge is 0.360 e. The summed E-state index contributed by atoms with van der Waals surface area (Å²) in [7, 11) is 0. The minimum absolute atomic E-state index is 0.0906. The number of halogens is 1. The molecule has 3 aromatic rings. The molecule has 0 aliphatic carbocycles. The lowest BCUT2D eigenvalue weighted by atomic mass is 10.2. The lowest BCUT2D eigenvalue weighted by Crippen LogP contribution is -1.86. The van der Waals surface area contributed by atoms with E-state index >= 15 is 0 Å². The summed E-state index contributed by atoms with van der Waals surface area (Å²) in [5.41, 5.74) is 1.08. The number of nitro groups is 1. The molecule has 0 amide bonds. The highest BCUT2D eigenvalue weighted by Crippen LogP contribution is 2.35. The molecule has 1 N–H and O–H groups in total. The lowest BCUT2D eigenvalue weighted by Gasteiger charge is -2.00. The minimum Gasteiger partial charge on any atom is -0.360 e. The lowest BCUT2D eigenvalue weighted by molar-refractivity contribution is -0.385. The molecule has 0 radical (unpaired) electrons. The van der Waals surface area contributed by atoms with Gasteiger partial charge in [0.1, 0.15) is 0 Å². The van der Waals surface area contributed by atoms with Crippen molar-refractivity contribution in [1.82, 2.24) is 4.98 Å². The van der Waals surface area contributed by atoms with Crippen LogP contribution in [0.25, 0.3) is 10.9 Å². The Labute approximate surface area is 123 Å². The van der Waals surface area contributed by atoms with Crippen molar-refractivity contribution in [2.45, 2.75) is 9.79 Å². The van der Waals surface area contributed by atoms with Gasteiger partial charge in [-0.1, -0.05) is 29.4 Å². The van der Waals surface area contributed by atoms with Gasteiger partial charge in [0.05, 0.1) is 4.92 Å². The third-order valence-electron chi connectivity index (χ3n) is 2.86. The number of H-pyrrole nitrogens is 1. The number of rotatable bonds is 3. The van der Waals surface area contributed by atoms with Crippen LogP contribution in [0.1, 0.15) is 0 Å². The van der Waals surface area contributed by atoms with Gasteiger partial charge in [0.25, 0.3) is 5.69 Å². The molecule has 3 rings (SSSR count). The molecule has 0 saturated heterocycles. The number of aromatic nitrogens is 1. The van der Waals surface area contributed by atoms with Gasteiger partial charge >= 0.3 is 0 Å². The molecule has 0 aliphatic rings. The smallest absolute Gasteiger partial charge is 0.270 e. The van der Waals surface area contributed by atoms with E-state index in [9.17, 15) is 10.1 Å². The highest BCUT2D eigenvalue weighted by atomic mass is 35.5. The first-order valence-corrected chi connectivity index (χ1v) is 7.02. The molecular weight excluding hydrogens is 296 g/mol. The zero-order valence-electron chi connectivity index (χ0n) is 10.2. The first-order chi connectivity index (χ1) is 9.63. The van der Waals surface area contributed by atoms with Gasteiger partial charge in [0, 0.05) is 44.0 Å². The number of nitrogens with one attached hydrogen (secondary N) is 1. The molecule has 1 aromatic heterocycles. The first kappa shape index (κ1) is 13.0. The second kappa shape index (κ2) is 5.19. The number of benzene rings is 2. The summed E-state index contributed by atoms with van der Waals surface area (Å²) in [6.45, 7) is 0. The number of hydrogen-bond acceptors (Lipinski definition) is 3. The standard InChI is InChI=1S/C14H9ClN2O2S/c15-9-4-5-13-12(6-9)14(8-16-13)20-11-3-1-2-10(7-11)17(18)19/h1-8,16H. The SMILES string of the molecule is O=[N+]([O-])c1cccc(Sc2c[nH]c3ccc(Cl)cc23)c1. The van der Waals surface area contributed by atoms with Gasteiger partial charge in [-0.2, -0.15) is 0 Å². The maximum Gasteiger partial charge on any atom is 0.270 e. The monoisotopic (exact) mass is 304 g/mol. The van der Waals surface area contributed by atoms with E-state index in [0.717, 1.165) is 20.7 Å².